The molecule has 1 aromatic heterocycles. The summed E-state index contributed by atoms with van der Waals surface area (Å²) in [6.45, 7) is 4.69. The van der Waals surface area contributed by atoms with Gasteiger partial charge in [-0.2, -0.15) is 0 Å². The van der Waals surface area contributed by atoms with E-state index in [0.717, 1.165) is 9.88 Å². The molecule has 190 valence electrons. The minimum Gasteiger partial charge on any atom is -0.302 e. The van der Waals surface area contributed by atoms with Crippen LogP contribution in [0.2, 0.25) is 0 Å². The summed E-state index contributed by atoms with van der Waals surface area (Å²) in [5, 5.41) is 1.14. The number of benzene rings is 4. The predicted octanol–water partition coefficient (Wildman–Crippen LogP) is 6.15. The van der Waals surface area contributed by atoms with E-state index < -0.39 is 0 Å². The molecule has 5 aromatic rings. The van der Waals surface area contributed by atoms with Gasteiger partial charge in [0.1, 0.15) is 5.00 Å². The highest BCUT2D eigenvalue weighted by atomic mass is 32.1. The van der Waals surface area contributed by atoms with Crippen LogP contribution in [0.25, 0.3) is 6.08 Å². The Bertz CT molecular complexity index is 1900. The van der Waals surface area contributed by atoms with E-state index in [4.69, 9.17) is 0 Å². The molecule has 2 aliphatic heterocycles. The molecule has 5 heteroatoms. The Morgan fingerprint density at radius 1 is 0.725 bits per heavy atom. The number of rotatable bonds is 2. The van der Waals surface area contributed by atoms with Gasteiger partial charge >= 0.3 is 0 Å². The Balaban J connectivity index is 1.35. The Morgan fingerprint density at radius 3 is 2.12 bits per heavy atom. The summed E-state index contributed by atoms with van der Waals surface area (Å²) in [7, 11) is 0. The topological polar surface area (TPSA) is 37.4 Å². The van der Waals surface area contributed by atoms with E-state index in [1.165, 1.54) is 38.9 Å². The number of carbonyl (C=O) groups is 2. The van der Waals surface area contributed by atoms with Crippen LogP contribution in [0.1, 0.15) is 50.6 Å². The third-order valence-electron chi connectivity index (χ3n) is 8.70. The molecule has 0 N–H and O–H groups in total. The number of nitrogens with zero attached hydrogens (tertiary/aromatic N) is 1. The molecule has 4 aromatic carbocycles. The lowest BCUT2D eigenvalue weighted by Gasteiger charge is -2.45. The van der Waals surface area contributed by atoms with Crippen molar-refractivity contribution in [3.63, 3.8) is 0 Å². The second-order valence-electron chi connectivity index (χ2n) is 11.2. The number of ketones is 2. The maximum absolute atomic E-state index is 13.2. The van der Waals surface area contributed by atoms with Crippen molar-refractivity contribution < 1.29 is 9.59 Å². The van der Waals surface area contributed by atoms with Gasteiger partial charge in [0.05, 0.1) is 5.57 Å². The fraction of sp³-hybridized carbons (Fsp3) is 0.0857. The first-order chi connectivity index (χ1) is 19.4. The monoisotopic (exact) mass is 533 g/mol. The molecule has 0 unspecified atom stereocenters. The largest absolute Gasteiger partial charge is 0.302 e. The summed E-state index contributed by atoms with van der Waals surface area (Å²) in [5.41, 5.74) is 9.74. The van der Waals surface area contributed by atoms with Crippen LogP contribution in [0.4, 0.5) is 16.4 Å². The van der Waals surface area contributed by atoms with Crippen molar-refractivity contribution >= 4 is 68.5 Å². The molecular weight excluding hydrogens is 509 g/mol. The van der Waals surface area contributed by atoms with E-state index in [9.17, 15) is 9.59 Å². The Labute approximate surface area is 237 Å². The van der Waals surface area contributed by atoms with Gasteiger partial charge in [-0.1, -0.05) is 110 Å². The van der Waals surface area contributed by atoms with Gasteiger partial charge in [-0.3, -0.25) is 9.59 Å². The normalized spacial score (nSPS) is 15.9. The van der Waals surface area contributed by atoms with Crippen molar-refractivity contribution in [2.24, 2.45) is 0 Å². The number of Topliss-reactive ketones (excluding diaryl/α,β-unsaturated/α-hetero) is 2. The van der Waals surface area contributed by atoms with Crippen molar-refractivity contribution in [3.8, 4) is 0 Å². The summed E-state index contributed by atoms with van der Waals surface area (Å²) in [5.74, 6) is -0.378. The average Bonchev–Trinajstić information content (AvgIpc) is 3.51. The van der Waals surface area contributed by atoms with Crippen LogP contribution < -0.4 is 21.3 Å². The molecule has 0 radical (unpaired) electrons. The lowest BCUT2D eigenvalue weighted by Crippen LogP contribution is -2.58. The van der Waals surface area contributed by atoms with Crippen LogP contribution in [0.5, 0.6) is 0 Å². The van der Waals surface area contributed by atoms with Crippen molar-refractivity contribution in [3.05, 3.63) is 136 Å². The summed E-state index contributed by atoms with van der Waals surface area (Å²) < 4.78 is 0. The molecule has 0 saturated carbocycles. The second kappa shape index (κ2) is 8.26. The van der Waals surface area contributed by atoms with E-state index in [0.29, 0.717) is 11.1 Å². The highest BCUT2D eigenvalue weighted by molar-refractivity contribution is 7.17. The molecule has 8 rings (SSSR count). The predicted molar refractivity (Wildman–Crippen MR) is 165 cm³/mol. The quantitative estimate of drug-likeness (QED) is 0.152. The standard InChI is InChI=1S/C35H24BNO2S/c1-35(2)26-15-10-17-29-31(26)37(30-18-9-8-16-28(30)36(29)21-11-4-3-5-12-21)34-27(35)20-22(40-34)19-25-32(38)23-13-6-7-14-24(23)33(25)39/h3-20H,1-2H3. The molecule has 40 heavy (non-hydrogen) atoms. The smallest absolute Gasteiger partial charge is 0.246 e. The maximum atomic E-state index is 13.2. The van der Waals surface area contributed by atoms with Crippen LogP contribution in [0, 0.1) is 0 Å². The van der Waals surface area contributed by atoms with Crippen molar-refractivity contribution in [2.75, 3.05) is 4.90 Å². The Kier molecular flexibility index (Phi) is 4.84. The molecule has 0 spiro atoms. The minimum atomic E-state index is -0.259. The molecule has 3 nitrogen and oxygen atoms in total. The summed E-state index contributed by atoms with van der Waals surface area (Å²) >= 11 is 1.65. The van der Waals surface area contributed by atoms with E-state index in [-0.39, 0.29) is 29.3 Å². The second-order valence-corrected chi connectivity index (χ2v) is 12.3. The maximum Gasteiger partial charge on any atom is 0.246 e. The average molecular weight is 533 g/mol. The molecule has 0 bridgehead atoms. The minimum absolute atomic E-state index is 0.134. The third-order valence-corrected chi connectivity index (χ3v) is 9.76. The van der Waals surface area contributed by atoms with Crippen molar-refractivity contribution in [1.82, 2.24) is 0 Å². The Hall–Kier alpha value is -4.48. The van der Waals surface area contributed by atoms with Gasteiger partial charge in [-0.05, 0) is 40.3 Å². The number of hydrogen-bond acceptors (Lipinski definition) is 4. The summed E-state index contributed by atoms with van der Waals surface area (Å²) in [4.78, 5) is 29.7. The lowest BCUT2D eigenvalue weighted by molar-refractivity contribution is 0.0990. The van der Waals surface area contributed by atoms with E-state index in [1.807, 2.05) is 12.1 Å². The van der Waals surface area contributed by atoms with Gasteiger partial charge in [-0.25, -0.2) is 0 Å². The molecule has 0 fully saturated rings. The number of fused-ring (bicyclic) bond motifs is 5. The van der Waals surface area contributed by atoms with Crippen LogP contribution in [0.3, 0.4) is 0 Å². The van der Waals surface area contributed by atoms with Crippen LogP contribution in [-0.2, 0) is 5.41 Å². The van der Waals surface area contributed by atoms with Crippen LogP contribution >= 0.6 is 11.3 Å². The van der Waals surface area contributed by atoms with Gasteiger partial charge < -0.3 is 4.90 Å². The van der Waals surface area contributed by atoms with Gasteiger partial charge in [0, 0.05) is 32.8 Å². The third kappa shape index (κ3) is 3.07. The van der Waals surface area contributed by atoms with Crippen LogP contribution in [0.15, 0.2) is 109 Å². The zero-order valence-electron chi connectivity index (χ0n) is 22.1. The number of hydrogen-bond donors (Lipinski definition) is 0. The highest BCUT2D eigenvalue weighted by Crippen LogP contribution is 2.55. The molecule has 0 atom stereocenters. The summed E-state index contributed by atoms with van der Waals surface area (Å²) in [6, 6.07) is 35.4. The molecular formula is C35H24BNO2S. The van der Waals surface area contributed by atoms with E-state index in [2.05, 4.69) is 97.6 Å². The van der Waals surface area contributed by atoms with Crippen molar-refractivity contribution in [1.29, 1.82) is 0 Å². The molecule has 3 aliphatic rings. The number of allylic oxidation sites excluding steroid dienone is 1. The fourth-order valence-electron chi connectivity index (χ4n) is 6.76. The number of carbonyl (C=O) groups excluding carboxylic acids is 2. The van der Waals surface area contributed by atoms with E-state index >= 15 is 0 Å². The van der Waals surface area contributed by atoms with E-state index in [1.54, 1.807) is 29.5 Å². The summed E-state index contributed by atoms with van der Waals surface area (Å²) in [6.07, 6.45) is 1.80. The number of thiophene rings is 1. The molecule has 3 heterocycles. The zero-order valence-corrected chi connectivity index (χ0v) is 23.0. The van der Waals surface area contributed by atoms with Gasteiger partial charge in [-0.15, -0.1) is 11.3 Å². The molecule has 0 saturated heterocycles. The SMILES string of the molecule is CC1(C)c2cc(C=C3C(=O)c4ccccc4C3=O)sc2N2c3ccccc3B(c3ccccc3)c3cccc1c32. The molecule has 0 amide bonds. The number of para-hydroxylation sites is 2. The highest BCUT2D eigenvalue weighted by Gasteiger charge is 2.45. The van der Waals surface area contributed by atoms with Gasteiger partial charge in [0.25, 0.3) is 0 Å². The van der Waals surface area contributed by atoms with Gasteiger partial charge in [0.2, 0.25) is 6.71 Å². The first-order valence-corrected chi connectivity index (χ1v) is 14.4. The first kappa shape index (κ1) is 23.4. The number of anilines is 3. The zero-order chi connectivity index (χ0) is 27.2. The fourth-order valence-corrected chi connectivity index (χ4v) is 8.04. The Morgan fingerprint density at radius 2 is 1.38 bits per heavy atom. The first-order valence-electron chi connectivity index (χ1n) is 13.6. The molecule has 1 aliphatic carbocycles. The van der Waals surface area contributed by atoms with Crippen LogP contribution in [-0.4, -0.2) is 18.3 Å². The van der Waals surface area contributed by atoms with Gasteiger partial charge in [0.15, 0.2) is 11.6 Å². The van der Waals surface area contributed by atoms with Crippen molar-refractivity contribution in [2.45, 2.75) is 19.3 Å². The lowest BCUT2D eigenvalue weighted by atomic mass is 9.34.